The number of carbonyl (C=O) groups is 8. The van der Waals surface area contributed by atoms with E-state index in [-0.39, 0.29) is 101 Å². The maximum absolute atomic E-state index is 15.2. The highest BCUT2D eigenvalue weighted by atomic mass is 16.2. The molecule has 0 aliphatic carbocycles. The number of hydrogen-bond donors (Lipinski definition) is 18. The van der Waals surface area contributed by atoms with Crippen LogP contribution in [-0.4, -0.2) is 149 Å². The lowest BCUT2D eigenvalue weighted by Crippen LogP contribution is -2.60. The molecule has 29 heteroatoms. The number of rotatable bonds is 42. The van der Waals surface area contributed by atoms with Crippen molar-refractivity contribution >= 4 is 97.8 Å². The largest absolute Gasteiger partial charge is 0.370 e. The third-order valence-corrected chi connectivity index (χ3v) is 16.1. The normalized spacial score (nSPS) is 13.4. The minimum Gasteiger partial charge on any atom is -0.370 e. The molecule has 0 aliphatic rings. The molecule has 0 bridgehead atoms. The molecule has 3 aromatic heterocycles. The minimum absolute atomic E-state index is 0.0358. The van der Waals surface area contributed by atoms with Gasteiger partial charge in [0.15, 0.2) is 17.9 Å². The zero-order valence-corrected chi connectivity index (χ0v) is 53.5. The predicted molar refractivity (Wildman–Crippen MR) is 365 cm³/mol. The Hall–Kier alpha value is -10.2. The van der Waals surface area contributed by atoms with Crippen molar-refractivity contribution in [3.8, 4) is 0 Å². The lowest BCUT2D eigenvalue weighted by Gasteiger charge is -2.28. The van der Waals surface area contributed by atoms with Crippen LogP contribution < -0.4 is 83.1 Å². The molecule has 0 unspecified atom stereocenters. The Bertz CT molecular complexity index is 3560. The fourth-order valence-corrected chi connectivity index (χ4v) is 11.0. The van der Waals surface area contributed by atoms with Gasteiger partial charge in [0, 0.05) is 103 Å². The highest BCUT2D eigenvalue weighted by Gasteiger charge is 2.35. The number of amides is 8. The van der Waals surface area contributed by atoms with Gasteiger partial charge in [-0.1, -0.05) is 87.2 Å². The van der Waals surface area contributed by atoms with E-state index in [9.17, 15) is 24.0 Å². The number of benzene rings is 3. The van der Waals surface area contributed by atoms with E-state index in [1.54, 1.807) is 18.6 Å². The van der Waals surface area contributed by atoms with Crippen LogP contribution in [0.1, 0.15) is 120 Å². The number of para-hydroxylation sites is 3. The van der Waals surface area contributed by atoms with Crippen molar-refractivity contribution in [3.05, 3.63) is 108 Å². The molecule has 8 amide bonds. The number of hydrogen-bond acceptors (Lipinski definition) is 12. The van der Waals surface area contributed by atoms with E-state index < -0.39 is 83.6 Å². The minimum atomic E-state index is -1.46. The zero-order chi connectivity index (χ0) is 67.9. The molecule has 0 saturated heterocycles. The average molecular weight is 1300 g/mol. The van der Waals surface area contributed by atoms with Crippen LogP contribution in [0.25, 0.3) is 32.7 Å². The number of H-pyrrole nitrogens is 3. The topological polar surface area (TPSA) is 513 Å². The van der Waals surface area contributed by atoms with E-state index in [4.69, 9.17) is 45.9 Å². The van der Waals surface area contributed by atoms with Crippen molar-refractivity contribution in [2.45, 2.75) is 165 Å². The van der Waals surface area contributed by atoms with Crippen LogP contribution in [0.15, 0.2) is 106 Å². The van der Waals surface area contributed by atoms with E-state index in [2.05, 4.69) is 74.1 Å². The molecule has 0 fully saturated rings. The molecule has 0 aliphatic heterocycles. The molecular weight excluding hydrogens is 1200 g/mol. The Morgan fingerprint density at radius 1 is 0.404 bits per heavy atom. The summed E-state index contributed by atoms with van der Waals surface area (Å²) in [4.78, 5) is 136. The molecule has 94 heavy (non-hydrogen) atoms. The fourth-order valence-electron chi connectivity index (χ4n) is 11.0. The first kappa shape index (κ1) is 72.9. The van der Waals surface area contributed by atoms with Crippen molar-refractivity contribution < 1.29 is 38.4 Å². The van der Waals surface area contributed by atoms with Gasteiger partial charge >= 0.3 is 0 Å². The number of fused-ring (bicyclic) bond motifs is 3. The van der Waals surface area contributed by atoms with Crippen LogP contribution >= 0.6 is 0 Å². The van der Waals surface area contributed by atoms with Gasteiger partial charge in [0.05, 0.1) is 6.04 Å². The summed E-state index contributed by atoms with van der Waals surface area (Å²) in [5.74, 6) is -6.03. The van der Waals surface area contributed by atoms with Gasteiger partial charge in [0.1, 0.15) is 36.3 Å². The fraction of sp³-hybridized carbons (Fsp3) is 0.462. The first-order valence-corrected chi connectivity index (χ1v) is 32.2. The molecule has 29 nitrogen and oxygen atoms in total. The van der Waals surface area contributed by atoms with E-state index in [1.165, 1.54) is 0 Å². The van der Waals surface area contributed by atoms with Gasteiger partial charge in [0.2, 0.25) is 47.3 Å². The summed E-state index contributed by atoms with van der Waals surface area (Å²) >= 11 is 0. The molecule has 6 aromatic rings. The Morgan fingerprint density at radius 2 is 0.755 bits per heavy atom. The van der Waals surface area contributed by atoms with Gasteiger partial charge in [-0.3, -0.25) is 53.3 Å². The van der Waals surface area contributed by atoms with Crippen LogP contribution in [0, 0.1) is 0 Å². The zero-order valence-electron chi connectivity index (χ0n) is 53.5. The summed E-state index contributed by atoms with van der Waals surface area (Å²) in [6.45, 7) is 2.79. The second-order valence-electron chi connectivity index (χ2n) is 23.4. The number of unbranched alkanes of at least 4 members (excludes halogenated alkanes) is 5. The monoisotopic (exact) mass is 1300 g/mol. The molecule has 0 radical (unpaired) electrons. The van der Waals surface area contributed by atoms with E-state index in [0.29, 0.717) is 48.9 Å². The quantitative estimate of drug-likeness (QED) is 0.0142. The van der Waals surface area contributed by atoms with Gasteiger partial charge in [-0.15, -0.1) is 0 Å². The number of aromatic nitrogens is 3. The van der Waals surface area contributed by atoms with Crippen molar-refractivity contribution in [1.29, 1.82) is 0 Å². The highest BCUT2D eigenvalue weighted by Crippen LogP contribution is 2.23. The van der Waals surface area contributed by atoms with Gasteiger partial charge < -0.3 is 98.0 Å². The van der Waals surface area contributed by atoms with Crippen molar-refractivity contribution in [2.75, 3.05) is 26.2 Å². The maximum Gasteiger partial charge on any atom is 0.243 e. The van der Waals surface area contributed by atoms with Gasteiger partial charge in [-0.2, -0.15) is 0 Å². The lowest BCUT2D eigenvalue weighted by molar-refractivity contribution is -0.135. The molecule has 508 valence electrons. The van der Waals surface area contributed by atoms with Crippen LogP contribution in [0.5, 0.6) is 0 Å². The van der Waals surface area contributed by atoms with Crippen LogP contribution in [0.4, 0.5) is 0 Å². The number of aromatic amines is 3. The summed E-state index contributed by atoms with van der Waals surface area (Å²) in [7, 11) is 0. The average Bonchev–Trinajstić information content (AvgIpc) is 1.67. The van der Waals surface area contributed by atoms with Crippen LogP contribution in [-0.2, 0) is 57.6 Å². The van der Waals surface area contributed by atoms with Crippen molar-refractivity contribution in [1.82, 2.24) is 52.2 Å². The first-order chi connectivity index (χ1) is 45.2. The lowest BCUT2D eigenvalue weighted by atomic mass is 10.0. The molecule has 0 spiro atoms. The Labute approximate surface area is 546 Å². The van der Waals surface area contributed by atoms with E-state index in [1.807, 2.05) is 72.8 Å². The number of nitrogens with one attached hydrogen (secondary N) is 10. The molecular formula is C65H95N21O8. The smallest absolute Gasteiger partial charge is 0.243 e. The Balaban J connectivity index is 1.28. The second kappa shape index (κ2) is 38.0. The van der Waals surface area contributed by atoms with Crippen LogP contribution in [0.3, 0.4) is 0 Å². The van der Waals surface area contributed by atoms with E-state index >= 15 is 14.4 Å². The predicted octanol–water partition coefficient (Wildman–Crippen LogP) is 0.688. The van der Waals surface area contributed by atoms with Crippen molar-refractivity contribution in [3.63, 3.8) is 0 Å². The number of nitrogens with two attached hydrogens (primary N) is 8. The summed E-state index contributed by atoms with van der Waals surface area (Å²) < 4.78 is 0. The SMILES string of the molecule is CCCCCCCC(=O)NCCCC[C@H](NC(=O)[C@H](Cc1c[nH]c2ccccc12)NC(=O)[C@@H](CCCN=C(N)N)NC(=O)[C@@H](Cc1c[nH]c2ccccc12)NC(=O)[C@@H](CCCN=C(N)N)NC(=O)[C@@H](Cc1c[nH]c2ccccc12)NC(=O)[C@H](N)CCCN=C(N)N)C(N)=O. The number of primary amides is 1. The first-order valence-electron chi connectivity index (χ1n) is 32.2. The van der Waals surface area contributed by atoms with Gasteiger partial charge in [-0.25, -0.2) is 0 Å². The second-order valence-corrected chi connectivity index (χ2v) is 23.4. The Kier molecular flexibility index (Phi) is 29.4. The molecule has 0 saturated carbocycles. The molecule has 7 atom stereocenters. The maximum atomic E-state index is 15.2. The van der Waals surface area contributed by atoms with Crippen molar-refractivity contribution in [2.24, 2.45) is 60.8 Å². The number of aliphatic imine (C=N–C) groups is 3. The third kappa shape index (κ3) is 23.8. The number of carbonyl (C=O) groups excluding carboxylic acids is 8. The van der Waals surface area contributed by atoms with Gasteiger partial charge in [-0.05, 0) is 99.1 Å². The molecule has 3 aromatic carbocycles. The Morgan fingerprint density at radius 3 is 1.16 bits per heavy atom. The summed E-state index contributed by atoms with van der Waals surface area (Å²) in [5.41, 5.74) is 50.1. The molecule has 3 heterocycles. The standard InChI is InChI=1S/C65H95N21O8/c1-2-3-4-5-6-28-55(87)74-29-14-13-25-49(56(67)88)81-60(92)53(34-40-37-79-47-23-11-8-19-43(40)47)85-58(90)51(27-17-32-77-65(72)73)83-62(94)54(35-41-38-80-48-24-12-9-20-44(41)48)86-59(91)50(26-16-31-76-64(70)71)82-61(93)52(33-39-36-78-46-22-10-7-18-42(39)46)84-57(89)45(66)21-15-30-75-63(68)69/h7-12,18-20,22-24,36-38,45,49-54,78-80H,2-6,13-17,21,25-35,66H2,1H3,(H2,67,88)(H,74,87)(H,81,92)(H,82,93)(H,83,94)(H,84,89)(H,85,90)(H,86,91)(H4,68,69,75)(H4,70,71,76)(H4,72,73,77)/t45-,49+,50-,51-,52-,53+,54-/m1/s1. The molecule has 26 N–H and O–H groups in total. The number of guanidine groups is 3. The highest BCUT2D eigenvalue weighted by molar-refractivity contribution is 5.99. The van der Waals surface area contributed by atoms with Gasteiger partial charge in [0.25, 0.3) is 0 Å². The summed E-state index contributed by atoms with van der Waals surface area (Å²) in [6.07, 6.45) is 12.1. The van der Waals surface area contributed by atoms with Crippen LogP contribution in [0.2, 0.25) is 0 Å². The third-order valence-electron chi connectivity index (χ3n) is 16.1. The summed E-state index contributed by atoms with van der Waals surface area (Å²) in [5, 5.41) is 22.1. The summed E-state index contributed by atoms with van der Waals surface area (Å²) in [6, 6.07) is 12.9. The van der Waals surface area contributed by atoms with E-state index in [0.717, 1.165) is 64.8 Å². The number of nitrogens with zero attached hydrogens (tertiary/aromatic N) is 3. The molecule has 6 rings (SSSR count).